The zero-order valence-corrected chi connectivity index (χ0v) is 13.9. The highest BCUT2D eigenvalue weighted by Gasteiger charge is 2.26. The Bertz CT molecular complexity index is 618. The van der Waals surface area contributed by atoms with Gasteiger partial charge in [-0.15, -0.1) is 0 Å². The third-order valence-corrected chi connectivity index (χ3v) is 3.97. The summed E-state index contributed by atoms with van der Waals surface area (Å²) in [5.74, 6) is -1.21. The van der Waals surface area contributed by atoms with Gasteiger partial charge in [0.15, 0.2) is 0 Å². The fourth-order valence-corrected chi connectivity index (χ4v) is 1.98. The second-order valence-electron chi connectivity index (χ2n) is 4.72. The Morgan fingerprint density at radius 3 is 2.64 bits per heavy atom. The van der Waals surface area contributed by atoms with E-state index < -0.39 is 23.5 Å². The lowest BCUT2D eigenvalue weighted by atomic mass is 9.99. The van der Waals surface area contributed by atoms with E-state index in [1.165, 1.54) is 13.3 Å². The Balaban J connectivity index is 2.86. The summed E-state index contributed by atoms with van der Waals surface area (Å²) < 4.78 is 5.54. The van der Waals surface area contributed by atoms with E-state index in [1.54, 1.807) is 0 Å². The Hall–Kier alpha value is -1.60. The zero-order chi connectivity index (χ0) is 16.9. The molecular formula is C13H17Cl2N3O4. The molecule has 0 radical (unpaired) electrons. The summed E-state index contributed by atoms with van der Waals surface area (Å²) in [5.41, 5.74) is -0.678. The van der Waals surface area contributed by atoms with Gasteiger partial charge in [0.2, 0.25) is 5.91 Å². The predicted molar refractivity (Wildman–Crippen MR) is 81.9 cm³/mol. The van der Waals surface area contributed by atoms with Gasteiger partial charge in [-0.05, 0) is 5.92 Å². The van der Waals surface area contributed by atoms with Crippen LogP contribution in [-0.4, -0.2) is 34.8 Å². The van der Waals surface area contributed by atoms with Gasteiger partial charge in [0.05, 0.1) is 18.3 Å². The quantitative estimate of drug-likeness (QED) is 0.780. The summed E-state index contributed by atoms with van der Waals surface area (Å²) in [6, 6.07) is -0.791. The van der Waals surface area contributed by atoms with Crippen molar-refractivity contribution in [3.05, 3.63) is 26.6 Å². The minimum atomic E-state index is -0.791. The lowest BCUT2D eigenvalue weighted by molar-refractivity contribution is -0.146. The van der Waals surface area contributed by atoms with E-state index >= 15 is 0 Å². The predicted octanol–water partition coefficient (Wildman–Crippen LogP) is 1.25. The van der Waals surface area contributed by atoms with Crippen LogP contribution in [-0.2, 0) is 20.9 Å². The molecule has 22 heavy (non-hydrogen) atoms. The number of rotatable bonds is 6. The number of carbonyl (C=O) groups excluding carboxylic acids is 2. The molecule has 7 nitrogen and oxygen atoms in total. The molecule has 2 atom stereocenters. The van der Waals surface area contributed by atoms with Crippen LogP contribution in [0, 0.1) is 5.92 Å². The number of hydrogen-bond donors (Lipinski definition) is 1. The standard InChI is InChI=1S/C13H17Cl2N3O4/c1-4-7(2)11(13(21)22-3)17-9(19)6-18-12(20)10(15)8(14)5-16-18/h5,7,11H,4,6H2,1-3H3,(H,17,19)/t7-,11+/m1/s1. The van der Waals surface area contributed by atoms with Gasteiger partial charge < -0.3 is 10.1 Å². The van der Waals surface area contributed by atoms with Crippen LogP contribution in [0.4, 0.5) is 0 Å². The van der Waals surface area contributed by atoms with Crippen molar-refractivity contribution >= 4 is 35.1 Å². The van der Waals surface area contributed by atoms with Gasteiger partial charge >= 0.3 is 5.97 Å². The molecule has 0 fully saturated rings. The third kappa shape index (κ3) is 4.45. The van der Waals surface area contributed by atoms with Gasteiger partial charge in [-0.25, -0.2) is 9.48 Å². The largest absolute Gasteiger partial charge is 0.467 e. The summed E-state index contributed by atoms with van der Waals surface area (Å²) in [6.07, 6.45) is 1.84. The second-order valence-corrected chi connectivity index (χ2v) is 5.51. The molecule has 1 aromatic heterocycles. The van der Waals surface area contributed by atoms with Gasteiger partial charge in [-0.3, -0.25) is 9.59 Å². The maximum absolute atomic E-state index is 12.0. The molecule has 0 saturated heterocycles. The molecule has 0 aliphatic rings. The van der Waals surface area contributed by atoms with Gasteiger partial charge in [0.1, 0.15) is 17.6 Å². The number of nitrogens with zero attached hydrogens (tertiary/aromatic N) is 2. The van der Waals surface area contributed by atoms with Crippen molar-refractivity contribution in [2.24, 2.45) is 5.92 Å². The lowest BCUT2D eigenvalue weighted by Crippen LogP contribution is -2.47. The number of halogens is 2. The Kier molecular flexibility index (Phi) is 6.83. The Morgan fingerprint density at radius 1 is 1.45 bits per heavy atom. The first-order valence-electron chi connectivity index (χ1n) is 6.60. The molecule has 1 amide bonds. The van der Waals surface area contributed by atoms with Crippen LogP contribution in [0.2, 0.25) is 10.0 Å². The van der Waals surface area contributed by atoms with Crippen LogP contribution in [0.25, 0.3) is 0 Å². The first-order chi connectivity index (χ1) is 10.3. The molecule has 1 aromatic rings. The van der Waals surface area contributed by atoms with Crippen LogP contribution in [0.3, 0.4) is 0 Å². The molecule has 0 aliphatic carbocycles. The molecule has 0 aromatic carbocycles. The van der Waals surface area contributed by atoms with E-state index in [4.69, 9.17) is 23.2 Å². The van der Waals surface area contributed by atoms with Crippen LogP contribution < -0.4 is 10.9 Å². The first-order valence-corrected chi connectivity index (χ1v) is 7.35. The van der Waals surface area contributed by atoms with Gasteiger partial charge in [0, 0.05) is 0 Å². The maximum Gasteiger partial charge on any atom is 0.328 e. The van der Waals surface area contributed by atoms with Crippen LogP contribution in [0.1, 0.15) is 20.3 Å². The molecule has 0 unspecified atom stereocenters. The van der Waals surface area contributed by atoms with Crippen molar-refractivity contribution in [2.45, 2.75) is 32.9 Å². The van der Waals surface area contributed by atoms with Crippen molar-refractivity contribution in [3.8, 4) is 0 Å². The highest BCUT2D eigenvalue weighted by molar-refractivity contribution is 6.41. The molecule has 1 heterocycles. The van der Waals surface area contributed by atoms with E-state index in [-0.39, 0.29) is 22.5 Å². The summed E-state index contributed by atoms with van der Waals surface area (Å²) in [6.45, 7) is 3.32. The summed E-state index contributed by atoms with van der Waals surface area (Å²) in [7, 11) is 1.24. The number of aromatic nitrogens is 2. The zero-order valence-electron chi connectivity index (χ0n) is 12.4. The molecule has 0 saturated carbocycles. The minimum Gasteiger partial charge on any atom is -0.467 e. The van der Waals surface area contributed by atoms with Crippen LogP contribution in [0.15, 0.2) is 11.0 Å². The molecule has 1 N–H and O–H groups in total. The van der Waals surface area contributed by atoms with Crippen molar-refractivity contribution in [3.63, 3.8) is 0 Å². The van der Waals surface area contributed by atoms with Crippen LogP contribution in [0.5, 0.6) is 0 Å². The van der Waals surface area contributed by atoms with E-state index in [0.717, 1.165) is 4.68 Å². The molecule has 0 aliphatic heterocycles. The number of ether oxygens (including phenoxy) is 1. The van der Waals surface area contributed by atoms with E-state index in [2.05, 4.69) is 15.2 Å². The highest BCUT2D eigenvalue weighted by Crippen LogP contribution is 2.14. The molecule has 1 rings (SSSR count). The first kappa shape index (κ1) is 18.4. The number of nitrogens with one attached hydrogen (secondary N) is 1. The molecule has 0 bridgehead atoms. The SMILES string of the molecule is CC[C@@H](C)[C@H](NC(=O)Cn1ncc(Cl)c(Cl)c1=O)C(=O)OC. The highest BCUT2D eigenvalue weighted by atomic mass is 35.5. The summed E-state index contributed by atoms with van der Waals surface area (Å²) in [5, 5.41) is 6.06. The minimum absolute atomic E-state index is 0.00960. The number of hydrogen-bond acceptors (Lipinski definition) is 5. The topological polar surface area (TPSA) is 90.3 Å². The summed E-state index contributed by atoms with van der Waals surface area (Å²) >= 11 is 11.4. The van der Waals surface area contributed by atoms with Crippen molar-refractivity contribution in [2.75, 3.05) is 7.11 Å². The summed E-state index contributed by atoms with van der Waals surface area (Å²) in [4.78, 5) is 35.5. The normalized spacial score (nSPS) is 13.3. The average Bonchev–Trinajstić information content (AvgIpc) is 2.51. The fourth-order valence-electron chi connectivity index (χ4n) is 1.71. The van der Waals surface area contributed by atoms with Crippen LogP contribution >= 0.6 is 23.2 Å². The molecule has 122 valence electrons. The van der Waals surface area contributed by atoms with Gasteiger partial charge in [-0.2, -0.15) is 5.10 Å². The van der Waals surface area contributed by atoms with Crippen molar-refractivity contribution in [1.29, 1.82) is 0 Å². The third-order valence-electron chi connectivity index (χ3n) is 3.22. The maximum atomic E-state index is 12.0. The second kappa shape index (κ2) is 8.14. The van der Waals surface area contributed by atoms with Gasteiger partial charge in [-0.1, -0.05) is 43.5 Å². The van der Waals surface area contributed by atoms with Gasteiger partial charge in [0.25, 0.3) is 5.56 Å². The number of amides is 1. The fraction of sp³-hybridized carbons (Fsp3) is 0.538. The monoisotopic (exact) mass is 349 g/mol. The number of esters is 1. The van der Waals surface area contributed by atoms with E-state index in [1.807, 2.05) is 13.8 Å². The molecular weight excluding hydrogens is 333 g/mol. The van der Waals surface area contributed by atoms with E-state index in [9.17, 15) is 14.4 Å². The van der Waals surface area contributed by atoms with E-state index in [0.29, 0.717) is 6.42 Å². The Morgan fingerprint density at radius 2 is 2.09 bits per heavy atom. The van der Waals surface area contributed by atoms with Crippen molar-refractivity contribution in [1.82, 2.24) is 15.1 Å². The smallest absolute Gasteiger partial charge is 0.328 e. The lowest BCUT2D eigenvalue weighted by Gasteiger charge is -2.21. The average molecular weight is 350 g/mol. The number of methoxy groups -OCH3 is 1. The van der Waals surface area contributed by atoms with Crippen molar-refractivity contribution < 1.29 is 14.3 Å². The molecule has 9 heteroatoms. The number of carbonyl (C=O) groups is 2. The Labute approximate surface area is 137 Å². The molecule has 0 spiro atoms.